The fourth-order valence-electron chi connectivity index (χ4n) is 3.78. The number of nitrogens with zero attached hydrogens (tertiary/aromatic N) is 1. The zero-order chi connectivity index (χ0) is 19.7. The van der Waals surface area contributed by atoms with Crippen LogP contribution in [0.3, 0.4) is 0 Å². The highest BCUT2D eigenvalue weighted by Crippen LogP contribution is 2.25. The molecular weight excluding hydrogens is 392 g/mol. The number of amides is 1. The first-order valence-electron chi connectivity index (χ1n) is 9.64. The molecule has 1 aliphatic rings. The number of benzene rings is 1. The van der Waals surface area contributed by atoms with Gasteiger partial charge in [0, 0.05) is 12.6 Å². The summed E-state index contributed by atoms with van der Waals surface area (Å²) in [7, 11) is 0. The van der Waals surface area contributed by atoms with E-state index in [0.29, 0.717) is 17.5 Å². The minimum atomic E-state index is -0.393. The summed E-state index contributed by atoms with van der Waals surface area (Å²) in [4.78, 5) is 27.5. The van der Waals surface area contributed by atoms with Crippen LogP contribution in [-0.2, 0) is 0 Å². The summed E-state index contributed by atoms with van der Waals surface area (Å²) in [6.45, 7) is 6.19. The lowest BCUT2D eigenvalue weighted by Crippen LogP contribution is -2.36. The van der Waals surface area contributed by atoms with Crippen molar-refractivity contribution in [3.8, 4) is 0 Å². The van der Waals surface area contributed by atoms with Crippen LogP contribution in [0.15, 0.2) is 50.2 Å². The number of carbonyl (C=O) groups is 1. The zero-order valence-corrected chi connectivity index (χ0v) is 17.4. The minimum Gasteiger partial charge on any atom is -0.468 e. The van der Waals surface area contributed by atoms with Gasteiger partial charge in [-0.05, 0) is 69.1 Å². The molecule has 1 saturated heterocycles. The Morgan fingerprint density at radius 3 is 2.66 bits per heavy atom. The topological polar surface area (TPSA) is 75.7 Å². The van der Waals surface area contributed by atoms with Crippen LogP contribution < -0.4 is 10.7 Å². The predicted molar refractivity (Wildman–Crippen MR) is 114 cm³/mol. The molecule has 1 aromatic carbocycles. The number of nitrogens with one attached hydrogen (secondary N) is 1. The summed E-state index contributed by atoms with van der Waals surface area (Å²) in [6.07, 6.45) is 3.93. The molecule has 1 amide bonds. The second-order valence-corrected chi connectivity index (χ2v) is 7.34. The van der Waals surface area contributed by atoms with Crippen LogP contribution in [0.1, 0.15) is 46.3 Å². The Labute approximate surface area is 175 Å². The molecule has 3 heterocycles. The van der Waals surface area contributed by atoms with Gasteiger partial charge in [-0.25, -0.2) is 0 Å². The van der Waals surface area contributed by atoms with Crippen molar-refractivity contribution in [1.82, 2.24) is 10.2 Å². The van der Waals surface area contributed by atoms with Gasteiger partial charge in [-0.2, -0.15) is 0 Å². The van der Waals surface area contributed by atoms with E-state index in [1.807, 2.05) is 32.0 Å². The first kappa shape index (κ1) is 21.1. The molecule has 1 unspecified atom stereocenters. The summed E-state index contributed by atoms with van der Waals surface area (Å²) in [5, 5.41) is 3.41. The van der Waals surface area contributed by atoms with E-state index in [1.165, 1.54) is 6.07 Å². The number of hydrogen-bond donors (Lipinski definition) is 1. The normalized spacial score (nSPS) is 15.2. The second-order valence-electron chi connectivity index (χ2n) is 7.34. The molecule has 154 valence electrons. The quantitative estimate of drug-likeness (QED) is 0.680. The molecule has 1 aliphatic heterocycles. The fraction of sp³-hybridized carbons (Fsp3) is 0.364. The smallest absolute Gasteiger partial charge is 0.287 e. The van der Waals surface area contributed by atoms with Crippen molar-refractivity contribution >= 4 is 29.3 Å². The second kappa shape index (κ2) is 8.84. The Morgan fingerprint density at radius 1 is 1.21 bits per heavy atom. The van der Waals surface area contributed by atoms with Crippen molar-refractivity contribution in [2.75, 3.05) is 19.6 Å². The molecule has 29 heavy (non-hydrogen) atoms. The van der Waals surface area contributed by atoms with Gasteiger partial charge in [-0.15, -0.1) is 12.4 Å². The third-order valence-electron chi connectivity index (χ3n) is 5.55. The van der Waals surface area contributed by atoms with Gasteiger partial charge in [0.15, 0.2) is 11.2 Å². The molecule has 0 aliphatic carbocycles. The van der Waals surface area contributed by atoms with Crippen molar-refractivity contribution in [3.05, 3.63) is 69.5 Å². The molecule has 0 radical (unpaired) electrons. The lowest BCUT2D eigenvalue weighted by atomic mass is 10.1. The summed E-state index contributed by atoms with van der Waals surface area (Å²) in [5.41, 5.74) is 2.14. The van der Waals surface area contributed by atoms with Crippen LogP contribution in [0.4, 0.5) is 0 Å². The minimum absolute atomic E-state index is 0. The van der Waals surface area contributed by atoms with Crippen molar-refractivity contribution in [2.24, 2.45) is 0 Å². The molecule has 0 bridgehead atoms. The van der Waals surface area contributed by atoms with Crippen molar-refractivity contribution in [3.63, 3.8) is 0 Å². The number of carbonyl (C=O) groups excluding carboxylic acids is 1. The molecule has 0 saturated carbocycles. The molecule has 7 heteroatoms. The molecule has 3 aromatic rings. The maximum atomic E-state index is 12.7. The summed E-state index contributed by atoms with van der Waals surface area (Å²) in [6, 6.07) is 8.65. The van der Waals surface area contributed by atoms with Gasteiger partial charge in [-0.3, -0.25) is 14.5 Å². The highest BCUT2D eigenvalue weighted by molar-refractivity contribution is 5.93. The van der Waals surface area contributed by atoms with E-state index >= 15 is 0 Å². The van der Waals surface area contributed by atoms with Crippen LogP contribution in [-0.4, -0.2) is 30.4 Å². The predicted octanol–water partition coefficient (Wildman–Crippen LogP) is 3.99. The van der Waals surface area contributed by atoms with Gasteiger partial charge in [0.25, 0.3) is 5.91 Å². The lowest BCUT2D eigenvalue weighted by Gasteiger charge is -2.25. The van der Waals surface area contributed by atoms with Gasteiger partial charge in [0.2, 0.25) is 0 Å². The van der Waals surface area contributed by atoms with Gasteiger partial charge in [-0.1, -0.05) is 6.07 Å². The number of fused-ring (bicyclic) bond motifs is 1. The van der Waals surface area contributed by atoms with Crippen LogP contribution in [0, 0.1) is 13.8 Å². The fourth-order valence-corrected chi connectivity index (χ4v) is 3.78. The van der Waals surface area contributed by atoms with Gasteiger partial charge < -0.3 is 14.2 Å². The standard InChI is InChI=1S/C22H24N2O4.ClH/c1-14-7-8-16-18(25)12-20(28-21(16)15(14)2)22(26)23-13-17(19-6-5-11-27-19)24-9-3-4-10-24;/h5-8,11-12,17H,3-4,9-10,13H2,1-2H3,(H,23,26);1H. The average molecular weight is 417 g/mol. The largest absolute Gasteiger partial charge is 0.468 e. The van der Waals surface area contributed by atoms with Crippen molar-refractivity contribution < 1.29 is 13.6 Å². The molecule has 4 rings (SSSR count). The molecular formula is C22H25ClN2O4. The molecule has 0 spiro atoms. The Balaban J connectivity index is 0.00000240. The molecule has 1 fully saturated rings. The molecule has 2 aromatic heterocycles. The number of rotatable bonds is 5. The van der Waals surface area contributed by atoms with Gasteiger partial charge in [0.05, 0.1) is 17.7 Å². The number of furan rings is 1. The molecule has 6 nitrogen and oxygen atoms in total. The van der Waals surface area contributed by atoms with Crippen LogP contribution >= 0.6 is 12.4 Å². The SMILES string of the molecule is Cc1ccc2c(=O)cc(C(=O)NCC(c3ccco3)N3CCCC3)oc2c1C.Cl. The molecule has 1 N–H and O–H groups in total. The number of halogens is 1. The first-order valence-corrected chi connectivity index (χ1v) is 9.64. The Kier molecular flexibility index (Phi) is 6.45. The van der Waals surface area contributed by atoms with Gasteiger partial charge in [0.1, 0.15) is 11.3 Å². The molecule has 1 atom stereocenters. The Hall–Kier alpha value is -2.57. The van der Waals surface area contributed by atoms with E-state index in [2.05, 4.69) is 10.2 Å². The van der Waals surface area contributed by atoms with E-state index in [1.54, 1.807) is 12.3 Å². The van der Waals surface area contributed by atoms with Crippen LogP contribution in [0.25, 0.3) is 11.0 Å². The third-order valence-corrected chi connectivity index (χ3v) is 5.55. The van der Waals surface area contributed by atoms with Crippen LogP contribution in [0.5, 0.6) is 0 Å². The first-order chi connectivity index (χ1) is 13.5. The van der Waals surface area contributed by atoms with E-state index in [0.717, 1.165) is 42.8 Å². The van der Waals surface area contributed by atoms with E-state index in [9.17, 15) is 9.59 Å². The van der Waals surface area contributed by atoms with E-state index < -0.39 is 5.91 Å². The highest BCUT2D eigenvalue weighted by atomic mass is 35.5. The number of aryl methyl sites for hydroxylation is 2. The summed E-state index contributed by atoms with van der Waals surface area (Å²) in [5.74, 6) is 0.468. The monoisotopic (exact) mass is 416 g/mol. The number of hydrogen-bond acceptors (Lipinski definition) is 5. The average Bonchev–Trinajstić information content (AvgIpc) is 3.39. The van der Waals surface area contributed by atoms with Crippen molar-refractivity contribution in [1.29, 1.82) is 0 Å². The van der Waals surface area contributed by atoms with E-state index in [4.69, 9.17) is 8.83 Å². The number of likely N-dealkylation sites (tertiary alicyclic amines) is 1. The lowest BCUT2D eigenvalue weighted by molar-refractivity contribution is 0.0906. The third kappa shape index (κ3) is 4.23. The maximum Gasteiger partial charge on any atom is 0.287 e. The van der Waals surface area contributed by atoms with E-state index in [-0.39, 0.29) is 29.6 Å². The van der Waals surface area contributed by atoms with Crippen molar-refractivity contribution in [2.45, 2.75) is 32.7 Å². The Bertz CT molecular complexity index is 1050. The highest BCUT2D eigenvalue weighted by Gasteiger charge is 2.26. The summed E-state index contributed by atoms with van der Waals surface area (Å²) < 4.78 is 11.4. The maximum absolute atomic E-state index is 12.7. The Morgan fingerprint density at radius 2 is 1.97 bits per heavy atom. The summed E-state index contributed by atoms with van der Waals surface area (Å²) >= 11 is 0. The van der Waals surface area contributed by atoms with Crippen LogP contribution in [0.2, 0.25) is 0 Å². The van der Waals surface area contributed by atoms with Gasteiger partial charge >= 0.3 is 0 Å². The zero-order valence-electron chi connectivity index (χ0n) is 16.6.